The molecule has 1 atom stereocenters. The molecule has 1 aromatic carbocycles. The van der Waals surface area contributed by atoms with Crippen molar-refractivity contribution >= 4 is 5.69 Å². The van der Waals surface area contributed by atoms with Crippen molar-refractivity contribution in [3.8, 4) is 5.75 Å². The van der Waals surface area contributed by atoms with Crippen LogP contribution in [-0.4, -0.2) is 13.7 Å². The van der Waals surface area contributed by atoms with Crippen molar-refractivity contribution in [1.82, 2.24) is 0 Å². The van der Waals surface area contributed by atoms with Crippen molar-refractivity contribution in [2.75, 3.05) is 19.0 Å². The molecule has 0 saturated heterocycles. The van der Waals surface area contributed by atoms with Crippen LogP contribution < -0.4 is 10.1 Å². The van der Waals surface area contributed by atoms with Crippen molar-refractivity contribution in [1.29, 1.82) is 0 Å². The summed E-state index contributed by atoms with van der Waals surface area (Å²) in [4.78, 5) is 0. The Kier molecular flexibility index (Phi) is 4.40. The summed E-state index contributed by atoms with van der Waals surface area (Å²) in [5.74, 6) is 0.547. The molecule has 0 spiro atoms. The molecule has 0 bridgehead atoms. The number of nitrogens with one attached hydrogen (secondary N) is 1. The molecule has 2 nitrogen and oxygen atoms in total. The Morgan fingerprint density at radius 3 is 2.73 bits per heavy atom. The molecule has 1 N–H and O–H groups in total. The van der Waals surface area contributed by atoms with E-state index in [2.05, 4.69) is 19.2 Å². The molecule has 0 aliphatic heterocycles. The van der Waals surface area contributed by atoms with Crippen LogP contribution in [0.1, 0.15) is 20.3 Å². The lowest BCUT2D eigenvalue weighted by Gasteiger charge is -2.12. The second kappa shape index (κ2) is 5.59. The third-order valence-electron chi connectivity index (χ3n) is 2.50. The average molecular weight is 211 g/mol. The smallest absolute Gasteiger partial charge is 0.167 e. The summed E-state index contributed by atoms with van der Waals surface area (Å²) < 4.78 is 18.1. The van der Waals surface area contributed by atoms with Gasteiger partial charge < -0.3 is 10.1 Å². The van der Waals surface area contributed by atoms with Crippen LogP contribution in [-0.2, 0) is 0 Å². The zero-order valence-corrected chi connectivity index (χ0v) is 9.51. The minimum absolute atomic E-state index is 0.282. The van der Waals surface area contributed by atoms with Gasteiger partial charge in [0.2, 0.25) is 0 Å². The van der Waals surface area contributed by atoms with Gasteiger partial charge in [-0.3, -0.25) is 0 Å². The minimum Gasteiger partial charge on any atom is -0.494 e. The summed E-state index contributed by atoms with van der Waals surface area (Å²) in [7, 11) is 1.46. The van der Waals surface area contributed by atoms with Gasteiger partial charge in [-0.1, -0.05) is 20.3 Å². The zero-order valence-electron chi connectivity index (χ0n) is 9.51. The normalized spacial score (nSPS) is 12.3. The highest BCUT2D eigenvalue weighted by Gasteiger charge is 2.04. The summed E-state index contributed by atoms with van der Waals surface area (Å²) in [6.45, 7) is 5.16. The number of benzene rings is 1. The van der Waals surface area contributed by atoms with Crippen LogP contribution in [0.15, 0.2) is 18.2 Å². The first-order valence-electron chi connectivity index (χ1n) is 5.24. The maximum atomic E-state index is 13.3. The van der Waals surface area contributed by atoms with E-state index in [1.54, 1.807) is 6.07 Å². The fourth-order valence-corrected chi connectivity index (χ4v) is 1.21. The topological polar surface area (TPSA) is 21.3 Å². The van der Waals surface area contributed by atoms with E-state index < -0.39 is 0 Å². The van der Waals surface area contributed by atoms with E-state index in [9.17, 15) is 4.39 Å². The molecule has 0 aliphatic rings. The first kappa shape index (κ1) is 11.8. The Morgan fingerprint density at radius 1 is 1.47 bits per heavy atom. The highest BCUT2D eigenvalue weighted by molar-refractivity contribution is 5.47. The summed E-state index contributed by atoms with van der Waals surface area (Å²) in [6, 6.07) is 4.92. The molecule has 1 rings (SSSR count). The number of hydrogen-bond acceptors (Lipinski definition) is 2. The van der Waals surface area contributed by atoms with Crippen molar-refractivity contribution < 1.29 is 9.13 Å². The van der Waals surface area contributed by atoms with Gasteiger partial charge >= 0.3 is 0 Å². The highest BCUT2D eigenvalue weighted by Crippen LogP contribution is 2.20. The fraction of sp³-hybridized carbons (Fsp3) is 0.500. The average Bonchev–Trinajstić information content (AvgIpc) is 2.26. The Labute approximate surface area is 90.4 Å². The minimum atomic E-state index is -0.327. The molecule has 0 fully saturated rings. The van der Waals surface area contributed by atoms with E-state index in [0.29, 0.717) is 5.92 Å². The van der Waals surface area contributed by atoms with Crippen molar-refractivity contribution in [3.63, 3.8) is 0 Å². The maximum absolute atomic E-state index is 13.3. The second-order valence-corrected chi connectivity index (χ2v) is 3.74. The van der Waals surface area contributed by atoms with Crippen LogP contribution >= 0.6 is 0 Å². The maximum Gasteiger partial charge on any atom is 0.167 e. The van der Waals surface area contributed by atoms with E-state index >= 15 is 0 Å². The van der Waals surface area contributed by atoms with E-state index in [1.165, 1.54) is 13.2 Å². The Hall–Kier alpha value is -1.25. The molecular weight excluding hydrogens is 193 g/mol. The Balaban J connectivity index is 2.59. The molecular formula is C12H18FNO. The molecule has 0 saturated carbocycles. The largest absolute Gasteiger partial charge is 0.494 e. The Morgan fingerprint density at radius 2 is 2.20 bits per heavy atom. The molecule has 0 radical (unpaired) electrons. The molecule has 0 heterocycles. The van der Waals surface area contributed by atoms with Gasteiger partial charge in [0.05, 0.1) is 7.11 Å². The predicted octanol–water partition coefficient (Wildman–Crippen LogP) is 3.29. The third kappa shape index (κ3) is 3.42. The van der Waals surface area contributed by atoms with Crippen LogP contribution in [0.2, 0.25) is 0 Å². The lowest BCUT2D eigenvalue weighted by Crippen LogP contribution is -2.10. The lowest BCUT2D eigenvalue weighted by molar-refractivity contribution is 0.386. The second-order valence-electron chi connectivity index (χ2n) is 3.74. The van der Waals surface area contributed by atoms with Gasteiger partial charge in [0.25, 0.3) is 0 Å². The summed E-state index contributed by atoms with van der Waals surface area (Å²) >= 11 is 0. The van der Waals surface area contributed by atoms with Crippen LogP contribution in [0, 0.1) is 11.7 Å². The van der Waals surface area contributed by atoms with Gasteiger partial charge in [-0.15, -0.1) is 0 Å². The summed E-state index contributed by atoms with van der Waals surface area (Å²) in [5.41, 5.74) is 0.800. The predicted molar refractivity (Wildman–Crippen MR) is 60.9 cm³/mol. The third-order valence-corrected chi connectivity index (χ3v) is 2.50. The molecule has 3 heteroatoms. The van der Waals surface area contributed by atoms with Crippen molar-refractivity contribution in [2.45, 2.75) is 20.3 Å². The molecule has 1 aromatic rings. The van der Waals surface area contributed by atoms with Gasteiger partial charge in [0, 0.05) is 18.3 Å². The van der Waals surface area contributed by atoms with Crippen LogP contribution in [0.5, 0.6) is 5.75 Å². The lowest BCUT2D eigenvalue weighted by atomic mass is 10.1. The molecule has 0 aromatic heterocycles. The van der Waals surface area contributed by atoms with Gasteiger partial charge in [-0.2, -0.15) is 0 Å². The number of halogens is 1. The number of methoxy groups -OCH3 is 1. The van der Waals surface area contributed by atoms with Gasteiger partial charge in [0.15, 0.2) is 11.6 Å². The standard InChI is InChI=1S/C12H18FNO/c1-4-9(2)8-14-10-5-6-12(15-3)11(13)7-10/h5-7,9,14H,4,8H2,1-3H3/t9-/m0/s1. The van der Waals surface area contributed by atoms with Crippen LogP contribution in [0.3, 0.4) is 0 Å². The molecule has 84 valence electrons. The van der Waals surface area contributed by atoms with Gasteiger partial charge in [0.1, 0.15) is 0 Å². The van der Waals surface area contributed by atoms with Crippen LogP contribution in [0.4, 0.5) is 10.1 Å². The van der Waals surface area contributed by atoms with Gasteiger partial charge in [-0.05, 0) is 18.1 Å². The number of rotatable bonds is 5. The quantitative estimate of drug-likeness (QED) is 0.807. The molecule has 0 unspecified atom stereocenters. The summed E-state index contributed by atoms with van der Waals surface area (Å²) in [5, 5.41) is 3.19. The SMILES string of the molecule is CC[C@H](C)CNc1ccc(OC)c(F)c1. The fourth-order valence-electron chi connectivity index (χ4n) is 1.21. The molecule has 0 aliphatic carbocycles. The van der Waals surface area contributed by atoms with E-state index in [0.717, 1.165) is 18.7 Å². The number of anilines is 1. The van der Waals surface area contributed by atoms with E-state index in [-0.39, 0.29) is 11.6 Å². The number of ether oxygens (including phenoxy) is 1. The van der Waals surface area contributed by atoms with E-state index in [4.69, 9.17) is 4.74 Å². The van der Waals surface area contributed by atoms with Gasteiger partial charge in [-0.25, -0.2) is 4.39 Å². The first-order chi connectivity index (χ1) is 7.17. The number of hydrogen-bond donors (Lipinski definition) is 1. The van der Waals surface area contributed by atoms with E-state index in [1.807, 2.05) is 6.07 Å². The van der Waals surface area contributed by atoms with Crippen molar-refractivity contribution in [2.24, 2.45) is 5.92 Å². The first-order valence-corrected chi connectivity index (χ1v) is 5.24. The van der Waals surface area contributed by atoms with Crippen molar-refractivity contribution in [3.05, 3.63) is 24.0 Å². The zero-order chi connectivity index (χ0) is 11.3. The van der Waals surface area contributed by atoms with Crippen LogP contribution in [0.25, 0.3) is 0 Å². The monoisotopic (exact) mass is 211 g/mol. The summed E-state index contributed by atoms with van der Waals surface area (Å²) in [6.07, 6.45) is 1.12. The highest BCUT2D eigenvalue weighted by atomic mass is 19.1. The molecule has 15 heavy (non-hydrogen) atoms. The molecule has 0 amide bonds. The Bertz CT molecular complexity index is 314.